The molecule has 3 N–H and O–H groups in total. The predicted octanol–water partition coefficient (Wildman–Crippen LogP) is 1.47. The maximum atomic E-state index is 12.2. The van der Waals surface area contributed by atoms with Crippen molar-refractivity contribution >= 4 is 10.0 Å². The van der Waals surface area contributed by atoms with E-state index < -0.39 is 14.8 Å². The first-order chi connectivity index (χ1) is 7.24. The Morgan fingerprint density at radius 3 is 1.71 bits per heavy atom. The average molecular weight is 262 g/mol. The van der Waals surface area contributed by atoms with Gasteiger partial charge in [0.05, 0.1) is 4.75 Å². The van der Waals surface area contributed by atoms with Crippen molar-refractivity contribution in [2.45, 2.75) is 65.3 Å². The van der Waals surface area contributed by atoms with Gasteiger partial charge in [0.2, 0.25) is 10.0 Å². The molecule has 1 aliphatic rings. The van der Waals surface area contributed by atoms with Crippen LogP contribution in [0.1, 0.15) is 48.5 Å². The minimum Gasteiger partial charge on any atom is -0.327 e. The summed E-state index contributed by atoms with van der Waals surface area (Å²) in [5.41, 5.74) is 5.70. The van der Waals surface area contributed by atoms with E-state index in [0.717, 1.165) is 0 Å². The predicted molar refractivity (Wildman–Crippen MR) is 71.1 cm³/mol. The highest BCUT2D eigenvalue weighted by molar-refractivity contribution is 7.90. The van der Waals surface area contributed by atoms with Gasteiger partial charge in [-0.25, -0.2) is 13.1 Å². The molecule has 0 atom stereocenters. The zero-order valence-corrected chi connectivity index (χ0v) is 12.8. The van der Waals surface area contributed by atoms with Crippen molar-refractivity contribution in [2.75, 3.05) is 0 Å². The molecule has 1 rings (SSSR count). The Morgan fingerprint density at radius 2 is 1.41 bits per heavy atom. The van der Waals surface area contributed by atoms with E-state index in [0.29, 0.717) is 0 Å². The third kappa shape index (κ3) is 2.13. The molecule has 0 radical (unpaired) electrons. The molecule has 0 heterocycles. The maximum absolute atomic E-state index is 12.2. The maximum Gasteiger partial charge on any atom is 0.216 e. The lowest BCUT2D eigenvalue weighted by Gasteiger charge is -2.63. The van der Waals surface area contributed by atoms with Crippen LogP contribution in [0.3, 0.4) is 0 Å². The van der Waals surface area contributed by atoms with Crippen LogP contribution in [0.15, 0.2) is 0 Å². The molecule has 0 saturated heterocycles. The number of nitrogens with one attached hydrogen (secondary N) is 1. The van der Waals surface area contributed by atoms with Gasteiger partial charge in [0.15, 0.2) is 0 Å². The first-order valence-electron chi connectivity index (χ1n) is 6.02. The Morgan fingerprint density at radius 1 is 1.06 bits per heavy atom. The lowest BCUT2D eigenvalue weighted by molar-refractivity contribution is -0.0595. The van der Waals surface area contributed by atoms with Crippen molar-refractivity contribution in [3.63, 3.8) is 0 Å². The summed E-state index contributed by atoms with van der Waals surface area (Å²) in [7, 11) is -3.33. The number of sulfonamides is 1. The van der Waals surface area contributed by atoms with Crippen LogP contribution in [0.2, 0.25) is 0 Å². The van der Waals surface area contributed by atoms with Gasteiger partial charge in [-0.05, 0) is 31.6 Å². The van der Waals surface area contributed by atoms with Gasteiger partial charge in [-0.3, -0.25) is 0 Å². The van der Waals surface area contributed by atoms with Crippen molar-refractivity contribution in [1.82, 2.24) is 4.72 Å². The Hall–Kier alpha value is -0.130. The van der Waals surface area contributed by atoms with Gasteiger partial charge in [0.1, 0.15) is 0 Å². The van der Waals surface area contributed by atoms with Crippen LogP contribution in [-0.2, 0) is 10.0 Å². The zero-order valence-electron chi connectivity index (χ0n) is 12.0. The summed E-state index contributed by atoms with van der Waals surface area (Å²) in [6, 6.07) is -0.114. The molecule has 0 aromatic heterocycles. The first-order valence-corrected chi connectivity index (χ1v) is 7.50. The molecule has 102 valence electrons. The van der Waals surface area contributed by atoms with Gasteiger partial charge in [-0.1, -0.05) is 27.7 Å². The summed E-state index contributed by atoms with van der Waals surface area (Å²) >= 11 is 0. The van der Waals surface area contributed by atoms with E-state index in [4.69, 9.17) is 5.73 Å². The lowest BCUT2D eigenvalue weighted by Crippen LogP contribution is -2.76. The quantitative estimate of drug-likeness (QED) is 0.791. The van der Waals surface area contributed by atoms with Crippen molar-refractivity contribution in [3.05, 3.63) is 0 Å². The summed E-state index contributed by atoms with van der Waals surface area (Å²) in [4.78, 5) is 0. The molecular formula is C12H26N2O2S. The van der Waals surface area contributed by atoms with E-state index >= 15 is 0 Å². The largest absolute Gasteiger partial charge is 0.327 e. The Balaban J connectivity index is 2.99. The highest BCUT2D eigenvalue weighted by Crippen LogP contribution is 2.53. The molecule has 4 nitrogen and oxygen atoms in total. The van der Waals surface area contributed by atoms with Crippen molar-refractivity contribution < 1.29 is 8.42 Å². The number of rotatable bonds is 2. The van der Waals surface area contributed by atoms with Gasteiger partial charge in [-0.15, -0.1) is 0 Å². The zero-order chi connectivity index (χ0) is 13.9. The van der Waals surface area contributed by atoms with Gasteiger partial charge in [0, 0.05) is 12.1 Å². The molecule has 0 aromatic carbocycles. The number of hydrogen-bond donors (Lipinski definition) is 2. The SMILES string of the molecule is CC1(C)C(N)C(C)(C)C1NS(=O)(=O)C(C)(C)C. The van der Waals surface area contributed by atoms with E-state index in [1.165, 1.54) is 0 Å². The first kappa shape index (κ1) is 14.9. The van der Waals surface area contributed by atoms with Crippen LogP contribution < -0.4 is 10.5 Å². The second-order valence-corrected chi connectivity index (χ2v) is 9.75. The van der Waals surface area contributed by atoms with Crippen LogP contribution in [0.25, 0.3) is 0 Å². The molecule has 0 spiro atoms. The van der Waals surface area contributed by atoms with Crippen LogP contribution in [0.5, 0.6) is 0 Å². The summed E-state index contributed by atoms with van der Waals surface area (Å²) in [6.07, 6.45) is 0. The minimum absolute atomic E-state index is 0.00247. The molecule has 0 aliphatic heterocycles. The summed E-state index contributed by atoms with van der Waals surface area (Å²) in [5, 5.41) is 0. The van der Waals surface area contributed by atoms with Crippen molar-refractivity contribution in [2.24, 2.45) is 16.6 Å². The highest BCUT2D eigenvalue weighted by atomic mass is 32.2. The fourth-order valence-corrected chi connectivity index (χ4v) is 4.09. The topological polar surface area (TPSA) is 72.2 Å². The summed E-state index contributed by atoms with van der Waals surface area (Å²) in [6.45, 7) is 13.2. The smallest absolute Gasteiger partial charge is 0.216 e. The highest BCUT2D eigenvalue weighted by Gasteiger charge is 2.61. The molecule has 1 saturated carbocycles. The Bertz CT molecular complexity index is 389. The van der Waals surface area contributed by atoms with E-state index in [2.05, 4.69) is 4.72 Å². The van der Waals surface area contributed by atoms with Gasteiger partial charge < -0.3 is 5.73 Å². The van der Waals surface area contributed by atoms with E-state index in [1.54, 1.807) is 20.8 Å². The van der Waals surface area contributed by atoms with Crippen molar-refractivity contribution in [3.8, 4) is 0 Å². The van der Waals surface area contributed by atoms with E-state index in [-0.39, 0.29) is 22.9 Å². The second kappa shape index (κ2) is 3.68. The van der Waals surface area contributed by atoms with E-state index in [9.17, 15) is 8.42 Å². The van der Waals surface area contributed by atoms with Crippen LogP contribution in [0.4, 0.5) is 0 Å². The third-order valence-corrected chi connectivity index (χ3v) is 6.33. The molecule has 0 aromatic rings. The molecular weight excluding hydrogens is 236 g/mol. The number of hydrogen-bond acceptors (Lipinski definition) is 3. The summed E-state index contributed by atoms with van der Waals surface area (Å²) in [5.74, 6) is 0. The standard InChI is InChI=1S/C12H26N2O2S/c1-10(2,3)17(15,16)14-9-11(4,5)8(13)12(9,6)7/h8-9,14H,13H2,1-7H3. The van der Waals surface area contributed by atoms with Crippen molar-refractivity contribution in [1.29, 1.82) is 0 Å². The van der Waals surface area contributed by atoms with Gasteiger partial charge >= 0.3 is 0 Å². The van der Waals surface area contributed by atoms with Crippen LogP contribution in [0, 0.1) is 10.8 Å². The fourth-order valence-electron chi connectivity index (χ4n) is 2.82. The molecule has 1 aliphatic carbocycles. The molecule has 17 heavy (non-hydrogen) atoms. The number of nitrogens with two attached hydrogens (primary N) is 1. The summed E-state index contributed by atoms with van der Waals surface area (Å²) < 4.78 is 26.4. The second-order valence-electron chi connectivity index (χ2n) is 7.29. The fraction of sp³-hybridized carbons (Fsp3) is 1.00. The normalized spacial score (nSPS) is 32.0. The minimum atomic E-state index is -3.33. The third-order valence-electron chi connectivity index (χ3n) is 4.17. The molecule has 1 fully saturated rings. The molecule has 5 heteroatoms. The average Bonchev–Trinajstić information content (AvgIpc) is 2.10. The van der Waals surface area contributed by atoms with Gasteiger partial charge in [-0.2, -0.15) is 0 Å². The monoisotopic (exact) mass is 262 g/mol. The molecule has 0 amide bonds. The molecule has 0 unspecified atom stereocenters. The van der Waals surface area contributed by atoms with Crippen LogP contribution in [-0.4, -0.2) is 25.2 Å². The van der Waals surface area contributed by atoms with E-state index in [1.807, 2.05) is 27.7 Å². The molecule has 0 bridgehead atoms. The Labute approximate surface area is 105 Å². The lowest BCUT2D eigenvalue weighted by atomic mass is 9.49. The Kier molecular flexibility index (Phi) is 3.23. The van der Waals surface area contributed by atoms with Gasteiger partial charge in [0.25, 0.3) is 0 Å². The van der Waals surface area contributed by atoms with Crippen LogP contribution >= 0.6 is 0 Å².